The zero-order chi connectivity index (χ0) is 19.1. The number of rotatable bonds is 9. The van der Waals surface area contributed by atoms with Gasteiger partial charge in [0.15, 0.2) is 0 Å². The summed E-state index contributed by atoms with van der Waals surface area (Å²) in [5.74, 6) is 0.624. The molecule has 1 amide bonds. The molecule has 0 aromatic carbocycles. The van der Waals surface area contributed by atoms with Crippen molar-refractivity contribution in [3.8, 4) is 0 Å². The van der Waals surface area contributed by atoms with E-state index in [1.807, 2.05) is 4.90 Å². The lowest BCUT2D eigenvalue weighted by atomic mass is 9.79. The Bertz CT molecular complexity index is 484. The molecule has 1 N–H and O–H groups in total. The minimum absolute atomic E-state index is 0.0524. The molecule has 5 nitrogen and oxygen atoms in total. The first-order valence-electron chi connectivity index (χ1n) is 11.0. The second kappa shape index (κ2) is 9.92. The van der Waals surface area contributed by atoms with Crippen LogP contribution in [0, 0.1) is 11.3 Å². The van der Waals surface area contributed by atoms with Crippen LogP contribution in [0.3, 0.4) is 0 Å². The van der Waals surface area contributed by atoms with Crippen LogP contribution in [0.15, 0.2) is 12.7 Å². The van der Waals surface area contributed by atoms with Gasteiger partial charge in [-0.15, -0.1) is 0 Å². The smallest absolute Gasteiger partial charge is 0.410 e. The summed E-state index contributed by atoms with van der Waals surface area (Å²) in [6.45, 7) is 9.71. The predicted octanol–water partition coefficient (Wildman–Crippen LogP) is 4.13. The largest absolute Gasteiger partial charge is 0.445 e. The monoisotopic (exact) mass is 378 g/mol. The maximum absolute atomic E-state index is 12.8. The van der Waals surface area contributed by atoms with Crippen molar-refractivity contribution < 1.29 is 14.3 Å². The number of carbonyl (C=O) groups is 1. The summed E-state index contributed by atoms with van der Waals surface area (Å²) in [5, 5.41) is 3.48. The molecule has 2 atom stereocenters. The van der Waals surface area contributed by atoms with Crippen LogP contribution in [-0.2, 0) is 9.47 Å². The van der Waals surface area contributed by atoms with Gasteiger partial charge >= 0.3 is 6.09 Å². The highest BCUT2D eigenvalue weighted by molar-refractivity contribution is 5.68. The van der Waals surface area contributed by atoms with Crippen LogP contribution < -0.4 is 5.32 Å². The van der Waals surface area contributed by atoms with Crippen molar-refractivity contribution in [2.75, 3.05) is 32.8 Å². The minimum atomic E-state index is -0.175. The quantitative estimate of drug-likeness (QED) is 0.613. The van der Waals surface area contributed by atoms with Crippen molar-refractivity contribution in [2.45, 2.75) is 76.9 Å². The average molecular weight is 379 g/mol. The molecule has 1 aliphatic heterocycles. The van der Waals surface area contributed by atoms with Gasteiger partial charge in [0.2, 0.25) is 0 Å². The molecule has 0 radical (unpaired) electrons. The van der Waals surface area contributed by atoms with Gasteiger partial charge in [-0.2, -0.15) is 0 Å². The van der Waals surface area contributed by atoms with E-state index in [1.54, 1.807) is 6.08 Å². The molecule has 3 rings (SSSR count). The first kappa shape index (κ1) is 20.7. The summed E-state index contributed by atoms with van der Waals surface area (Å²) in [7, 11) is 0. The summed E-state index contributed by atoms with van der Waals surface area (Å²) < 4.78 is 11.9. The van der Waals surface area contributed by atoms with E-state index in [4.69, 9.17) is 9.47 Å². The number of nitrogens with zero attached hydrogens (tertiary/aromatic N) is 1. The molecule has 0 bridgehead atoms. The van der Waals surface area contributed by atoms with E-state index in [1.165, 1.54) is 32.1 Å². The normalized spacial score (nSPS) is 27.7. The summed E-state index contributed by atoms with van der Waals surface area (Å²) >= 11 is 0. The van der Waals surface area contributed by atoms with Gasteiger partial charge in [-0.25, -0.2) is 4.79 Å². The van der Waals surface area contributed by atoms with Crippen LogP contribution in [0.1, 0.15) is 64.7 Å². The molecule has 2 aliphatic carbocycles. The van der Waals surface area contributed by atoms with Crippen molar-refractivity contribution in [2.24, 2.45) is 11.3 Å². The van der Waals surface area contributed by atoms with Crippen molar-refractivity contribution in [1.29, 1.82) is 0 Å². The molecule has 0 aromatic rings. The summed E-state index contributed by atoms with van der Waals surface area (Å²) in [5.41, 5.74) is 0.0524. The van der Waals surface area contributed by atoms with E-state index < -0.39 is 0 Å². The van der Waals surface area contributed by atoms with Crippen LogP contribution in [0.4, 0.5) is 4.79 Å². The minimum Gasteiger partial charge on any atom is -0.445 e. The average Bonchev–Trinajstić information content (AvgIpc) is 3.50. The highest BCUT2D eigenvalue weighted by Crippen LogP contribution is 2.42. The Balaban J connectivity index is 1.65. The lowest BCUT2D eigenvalue weighted by Gasteiger charge is -2.42. The van der Waals surface area contributed by atoms with Gasteiger partial charge in [0.1, 0.15) is 6.61 Å². The Morgan fingerprint density at radius 2 is 2.00 bits per heavy atom. The summed E-state index contributed by atoms with van der Waals surface area (Å²) in [6, 6.07) is 0.341. The van der Waals surface area contributed by atoms with Crippen LogP contribution in [0.25, 0.3) is 0 Å². The third-order valence-electron chi connectivity index (χ3n) is 6.72. The lowest BCUT2D eigenvalue weighted by Crippen LogP contribution is -2.50. The van der Waals surface area contributed by atoms with E-state index in [9.17, 15) is 4.79 Å². The van der Waals surface area contributed by atoms with E-state index in [-0.39, 0.29) is 18.1 Å². The Kier molecular flexibility index (Phi) is 7.59. The number of hydrogen-bond donors (Lipinski definition) is 1. The van der Waals surface area contributed by atoms with Gasteiger partial charge in [-0.1, -0.05) is 45.3 Å². The Hall–Kier alpha value is -1.07. The third-order valence-corrected chi connectivity index (χ3v) is 6.72. The Morgan fingerprint density at radius 3 is 2.63 bits per heavy atom. The van der Waals surface area contributed by atoms with Crippen molar-refractivity contribution >= 4 is 6.09 Å². The van der Waals surface area contributed by atoms with Crippen molar-refractivity contribution in [3.63, 3.8) is 0 Å². The molecule has 3 aliphatic rings. The zero-order valence-corrected chi connectivity index (χ0v) is 17.1. The zero-order valence-electron chi connectivity index (χ0n) is 17.1. The Morgan fingerprint density at radius 1 is 1.26 bits per heavy atom. The molecule has 3 fully saturated rings. The molecular weight excluding hydrogens is 340 g/mol. The third kappa shape index (κ3) is 5.71. The SMILES string of the molecule is C=CCOC(=O)N(CC1(COC2CCCCC2)CCNCC1)[C@@H]1CC1CC. The van der Waals surface area contributed by atoms with Crippen LogP contribution >= 0.6 is 0 Å². The van der Waals surface area contributed by atoms with Gasteiger partial charge in [-0.05, 0) is 51.1 Å². The molecule has 0 aromatic heterocycles. The fraction of sp³-hybridized carbons (Fsp3) is 0.864. The topological polar surface area (TPSA) is 50.8 Å². The molecule has 154 valence electrons. The van der Waals surface area contributed by atoms with Gasteiger partial charge in [-0.3, -0.25) is 0 Å². The molecule has 1 heterocycles. The number of hydrogen-bond acceptors (Lipinski definition) is 4. The molecule has 0 spiro atoms. The Labute approximate surface area is 164 Å². The van der Waals surface area contributed by atoms with E-state index in [2.05, 4.69) is 18.8 Å². The van der Waals surface area contributed by atoms with Crippen molar-refractivity contribution in [1.82, 2.24) is 10.2 Å². The van der Waals surface area contributed by atoms with E-state index >= 15 is 0 Å². The van der Waals surface area contributed by atoms with E-state index in [0.717, 1.165) is 51.9 Å². The van der Waals surface area contributed by atoms with Crippen LogP contribution in [-0.4, -0.2) is 56.0 Å². The maximum Gasteiger partial charge on any atom is 0.410 e. The predicted molar refractivity (Wildman–Crippen MR) is 108 cm³/mol. The standard InChI is InChI=1S/C22H38N2O3/c1-3-14-26-21(25)24(20-15-18(20)4-2)16-22(10-12-23-13-11-22)17-27-19-8-6-5-7-9-19/h3,18-20,23H,1,4-17H2,2H3/t18?,20-/m1/s1. The molecular formula is C22H38N2O3. The maximum atomic E-state index is 12.8. The molecule has 27 heavy (non-hydrogen) atoms. The lowest BCUT2D eigenvalue weighted by molar-refractivity contribution is -0.0484. The fourth-order valence-corrected chi connectivity index (χ4v) is 4.78. The highest BCUT2D eigenvalue weighted by atomic mass is 16.6. The van der Waals surface area contributed by atoms with E-state index in [0.29, 0.717) is 18.1 Å². The molecule has 2 saturated carbocycles. The van der Waals surface area contributed by atoms with Gasteiger partial charge in [0.05, 0.1) is 12.7 Å². The highest BCUT2D eigenvalue weighted by Gasteiger charge is 2.47. The summed E-state index contributed by atoms with van der Waals surface area (Å²) in [6.07, 6.45) is 12.6. The first-order valence-corrected chi connectivity index (χ1v) is 11.0. The van der Waals surface area contributed by atoms with Crippen LogP contribution in [0.5, 0.6) is 0 Å². The van der Waals surface area contributed by atoms with Crippen LogP contribution in [0.2, 0.25) is 0 Å². The van der Waals surface area contributed by atoms with Gasteiger partial charge in [0, 0.05) is 18.0 Å². The fourth-order valence-electron chi connectivity index (χ4n) is 4.78. The van der Waals surface area contributed by atoms with Gasteiger partial charge < -0.3 is 19.7 Å². The number of piperidine rings is 1. The number of amides is 1. The molecule has 1 unspecified atom stereocenters. The molecule has 5 heteroatoms. The number of nitrogens with one attached hydrogen (secondary N) is 1. The second-order valence-electron chi connectivity index (χ2n) is 8.79. The summed E-state index contributed by atoms with van der Waals surface area (Å²) in [4.78, 5) is 14.8. The first-order chi connectivity index (χ1) is 13.2. The second-order valence-corrected chi connectivity index (χ2v) is 8.79. The van der Waals surface area contributed by atoms with Crippen molar-refractivity contribution in [3.05, 3.63) is 12.7 Å². The number of ether oxygens (including phenoxy) is 2. The van der Waals surface area contributed by atoms with Gasteiger partial charge in [0.25, 0.3) is 0 Å². The number of carbonyl (C=O) groups excluding carboxylic acids is 1. The molecule has 1 saturated heterocycles.